The van der Waals surface area contributed by atoms with Crippen molar-refractivity contribution in [3.8, 4) is 0 Å². The second kappa shape index (κ2) is 5.75. The van der Waals surface area contributed by atoms with E-state index in [1.165, 1.54) is 43.0 Å². The average molecular weight is 239 g/mol. The predicted molar refractivity (Wildman–Crippen MR) is 68.8 cm³/mol. The molecule has 90 valence electrons. The van der Waals surface area contributed by atoms with E-state index >= 15 is 0 Å². The van der Waals surface area contributed by atoms with Crippen molar-refractivity contribution in [1.29, 1.82) is 0 Å². The Kier molecular flexibility index (Phi) is 4.32. The number of aromatic nitrogens is 1. The first-order valence-corrected chi connectivity index (χ1v) is 6.99. The average Bonchev–Trinajstić information content (AvgIpc) is 2.72. The Hall–Kier alpha value is -0.450. The lowest BCUT2D eigenvalue weighted by atomic mass is 9.98. The van der Waals surface area contributed by atoms with Gasteiger partial charge >= 0.3 is 0 Å². The number of piperidine rings is 1. The van der Waals surface area contributed by atoms with Gasteiger partial charge in [-0.25, -0.2) is 4.98 Å². The zero-order valence-electron chi connectivity index (χ0n) is 9.98. The zero-order valence-corrected chi connectivity index (χ0v) is 10.8. The molecule has 1 aliphatic rings. The number of nitrogens with two attached hydrogens (primary N) is 1. The Morgan fingerprint density at radius 1 is 1.62 bits per heavy atom. The van der Waals surface area contributed by atoms with E-state index in [0.29, 0.717) is 0 Å². The SMILES string of the molecule is Cc1ncsc1CCN1CCCC(CN)C1. The Morgan fingerprint density at radius 3 is 3.19 bits per heavy atom. The number of aryl methyl sites for hydroxylation is 1. The molecule has 1 atom stereocenters. The van der Waals surface area contributed by atoms with Gasteiger partial charge in [-0.05, 0) is 45.2 Å². The van der Waals surface area contributed by atoms with Gasteiger partial charge in [0.2, 0.25) is 0 Å². The summed E-state index contributed by atoms with van der Waals surface area (Å²) < 4.78 is 0. The van der Waals surface area contributed by atoms with Crippen molar-refractivity contribution in [2.75, 3.05) is 26.2 Å². The first kappa shape index (κ1) is 12.0. The highest BCUT2D eigenvalue weighted by Crippen LogP contribution is 2.17. The third-order valence-electron chi connectivity index (χ3n) is 3.44. The summed E-state index contributed by atoms with van der Waals surface area (Å²) in [4.78, 5) is 8.29. The molecule has 1 saturated heterocycles. The molecule has 0 amide bonds. The molecule has 16 heavy (non-hydrogen) atoms. The van der Waals surface area contributed by atoms with Crippen LogP contribution in [-0.4, -0.2) is 36.1 Å². The highest BCUT2D eigenvalue weighted by molar-refractivity contribution is 7.09. The molecular weight excluding hydrogens is 218 g/mol. The van der Waals surface area contributed by atoms with Crippen LogP contribution in [0.3, 0.4) is 0 Å². The standard InChI is InChI=1S/C12H21N3S/c1-10-12(16-9-14-10)4-6-15-5-2-3-11(7-13)8-15/h9,11H,2-8,13H2,1H3. The van der Waals surface area contributed by atoms with Crippen molar-refractivity contribution in [3.05, 3.63) is 16.1 Å². The predicted octanol–water partition coefficient (Wildman–Crippen LogP) is 1.66. The minimum atomic E-state index is 0.719. The molecule has 0 bridgehead atoms. The molecule has 0 aromatic carbocycles. The van der Waals surface area contributed by atoms with E-state index in [9.17, 15) is 0 Å². The molecule has 0 radical (unpaired) electrons. The van der Waals surface area contributed by atoms with Crippen LogP contribution in [0.25, 0.3) is 0 Å². The summed E-state index contributed by atoms with van der Waals surface area (Å²) >= 11 is 1.78. The smallest absolute Gasteiger partial charge is 0.0797 e. The van der Waals surface area contributed by atoms with Gasteiger partial charge in [-0.15, -0.1) is 11.3 Å². The minimum absolute atomic E-state index is 0.719. The Bertz CT molecular complexity index is 324. The number of hydrogen-bond donors (Lipinski definition) is 1. The maximum atomic E-state index is 5.75. The van der Waals surface area contributed by atoms with Crippen LogP contribution in [0.1, 0.15) is 23.4 Å². The normalized spacial score (nSPS) is 22.5. The highest BCUT2D eigenvalue weighted by atomic mass is 32.1. The Morgan fingerprint density at radius 2 is 2.50 bits per heavy atom. The van der Waals surface area contributed by atoms with Crippen LogP contribution in [0, 0.1) is 12.8 Å². The van der Waals surface area contributed by atoms with Gasteiger partial charge in [-0.2, -0.15) is 0 Å². The van der Waals surface area contributed by atoms with E-state index in [0.717, 1.165) is 18.9 Å². The van der Waals surface area contributed by atoms with Crippen LogP contribution < -0.4 is 5.73 Å². The minimum Gasteiger partial charge on any atom is -0.330 e. The summed E-state index contributed by atoms with van der Waals surface area (Å²) in [6, 6.07) is 0. The van der Waals surface area contributed by atoms with Crippen LogP contribution in [0.15, 0.2) is 5.51 Å². The van der Waals surface area contributed by atoms with E-state index in [1.54, 1.807) is 11.3 Å². The van der Waals surface area contributed by atoms with Crippen molar-refractivity contribution >= 4 is 11.3 Å². The molecule has 3 nitrogen and oxygen atoms in total. The quantitative estimate of drug-likeness (QED) is 0.869. The molecular formula is C12H21N3S. The van der Waals surface area contributed by atoms with E-state index in [-0.39, 0.29) is 0 Å². The molecule has 0 saturated carbocycles. The van der Waals surface area contributed by atoms with E-state index in [4.69, 9.17) is 5.73 Å². The summed E-state index contributed by atoms with van der Waals surface area (Å²) in [5.41, 5.74) is 8.90. The van der Waals surface area contributed by atoms with Crippen molar-refractivity contribution in [2.45, 2.75) is 26.2 Å². The molecule has 1 aromatic rings. The molecule has 0 spiro atoms. The molecule has 2 rings (SSSR count). The second-order valence-electron chi connectivity index (χ2n) is 4.66. The molecule has 2 N–H and O–H groups in total. The van der Waals surface area contributed by atoms with Gasteiger partial charge in [0.15, 0.2) is 0 Å². The van der Waals surface area contributed by atoms with Gasteiger partial charge in [0.1, 0.15) is 0 Å². The van der Waals surface area contributed by atoms with Crippen molar-refractivity contribution in [3.63, 3.8) is 0 Å². The molecule has 1 aromatic heterocycles. The monoisotopic (exact) mass is 239 g/mol. The summed E-state index contributed by atoms with van der Waals surface area (Å²) in [6.07, 6.45) is 3.77. The number of rotatable bonds is 4. The van der Waals surface area contributed by atoms with E-state index < -0.39 is 0 Å². The fraction of sp³-hybridized carbons (Fsp3) is 0.750. The third-order valence-corrected chi connectivity index (χ3v) is 4.43. The van der Waals surface area contributed by atoms with Gasteiger partial charge in [-0.1, -0.05) is 0 Å². The van der Waals surface area contributed by atoms with Gasteiger partial charge in [-0.3, -0.25) is 0 Å². The number of nitrogens with zero attached hydrogens (tertiary/aromatic N) is 2. The topological polar surface area (TPSA) is 42.2 Å². The molecule has 1 fully saturated rings. The van der Waals surface area contributed by atoms with Crippen LogP contribution in [0.2, 0.25) is 0 Å². The van der Waals surface area contributed by atoms with Crippen molar-refractivity contribution in [2.24, 2.45) is 11.7 Å². The first-order valence-electron chi connectivity index (χ1n) is 6.11. The molecule has 1 unspecified atom stereocenters. The fourth-order valence-corrected chi connectivity index (χ4v) is 3.14. The summed E-state index contributed by atoms with van der Waals surface area (Å²) in [6.45, 7) is 6.54. The maximum absolute atomic E-state index is 5.75. The van der Waals surface area contributed by atoms with Gasteiger partial charge in [0, 0.05) is 18.0 Å². The van der Waals surface area contributed by atoms with Crippen LogP contribution in [-0.2, 0) is 6.42 Å². The van der Waals surface area contributed by atoms with Gasteiger partial charge < -0.3 is 10.6 Å². The first-order chi connectivity index (χ1) is 7.79. The largest absolute Gasteiger partial charge is 0.330 e. The molecule has 1 aliphatic heterocycles. The second-order valence-corrected chi connectivity index (χ2v) is 5.59. The Labute approximate surface area is 102 Å². The van der Waals surface area contributed by atoms with Crippen molar-refractivity contribution < 1.29 is 0 Å². The lowest BCUT2D eigenvalue weighted by molar-refractivity contribution is 0.180. The maximum Gasteiger partial charge on any atom is 0.0797 e. The van der Waals surface area contributed by atoms with Gasteiger partial charge in [0.05, 0.1) is 11.2 Å². The third kappa shape index (κ3) is 3.03. The molecule has 4 heteroatoms. The van der Waals surface area contributed by atoms with Gasteiger partial charge in [0.25, 0.3) is 0 Å². The Balaban J connectivity index is 1.79. The lowest BCUT2D eigenvalue weighted by Gasteiger charge is -2.31. The highest BCUT2D eigenvalue weighted by Gasteiger charge is 2.18. The zero-order chi connectivity index (χ0) is 11.4. The molecule has 0 aliphatic carbocycles. The summed E-state index contributed by atoms with van der Waals surface area (Å²) in [5, 5.41) is 0. The van der Waals surface area contributed by atoms with Crippen LogP contribution >= 0.6 is 11.3 Å². The van der Waals surface area contributed by atoms with Crippen LogP contribution in [0.4, 0.5) is 0 Å². The fourth-order valence-electron chi connectivity index (χ4n) is 2.37. The number of likely N-dealkylation sites (tertiary alicyclic amines) is 1. The lowest BCUT2D eigenvalue weighted by Crippen LogP contribution is -2.39. The molecule has 2 heterocycles. The summed E-state index contributed by atoms with van der Waals surface area (Å²) in [7, 11) is 0. The van der Waals surface area contributed by atoms with E-state index in [1.807, 2.05) is 5.51 Å². The number of thiazole rings is 1. The van der Waals surface area contributed by atoms with Crippen LogP contribution in [0.5, 0.6) is 0 Å². The summed E-state index contributed by atoms with van der Waals surface area (Å²) in [5.74, 6) is 0.719. The van der Waals surface area contributed by atoms with Crippen molar-refractivity contribution in [1.82, 2.24) is 9.88 Å². The van der Waals surface area contributed by atoms with E-state index in [2.05, 4.69) is 16.8 Å². The number of hydrogen-bond acceptors (Lipinski definition) is 4.